The first kappa shape index (κ1) is 13.2. The summed E-state index contributed by atoms with van der Waals surface area (Å²) < 4.78 is 5.10. The van der Waals surface area contributed by atoms with Gasteiger partial charge in [0.05, 0.1) is 17.6 Å². The number of aliphatic hydroxyl groups is 1. The molecule has 0 amide bonds. The molecule has 0 heterocycles. The van der Waals surface area contributed by atoms with E-state index in [0.29, 0.717) is 24.5 Å². The summed E-state index contributed by atoms with van der Waals surface area (Å²) in [5, 5.41) is 22.3. The summed E-state index contributed by atoms with van der Waals surface area (Å²) in [5.41, 5.74) is 5.64. The van der Waals surface area contributed by atoms with Gasteiger partial charge in [0, 0.05) is 13.1 Å². The van der Waals surface area contributed by atoms with Gasteiger partial charge in [0.1, 0.15) is 18.0 Å². The molecule has 0 atom stereocenters. The molecule has 0 aliphatic rings. The zero-order valence-electron chi connectivity index (χ0n) is 9.26. The summed E-state index contributed by atoms with van der Waals surface area (Å²) in [6.07, 6.45) is 0. The molecule has 7 nitrogen and oxygen atoms in total. The van der Waals surface area contributed by atoms with Gasteiger partial charge in [-0.05, 0) is 12.1 Å². The van der Waals surface area contributed by atoms with Crippen molar-refractivity contribution in [2.45, 2.75) is 0 Å². The Labute approximate surface area is 98.3 Å². The molecule has 0 fully saturated rings. The highest BCUT2D eigenvalue weighted by Crippen LogP contribution is 2.28. The van der Waals surface area contributed by atoms with Crippen molar-refractivity contribution >= 4 is 11.4 Å². The Morgan fingerprint density at radius 3 is 2.88 bits per heavy atom. The molecule has 0 aliphatic carbocycles. The van der Waals surface area contributed by atoms with Crippen LogP contribution < -0.4 is 15.8 Å². The maximum absolute atomic E-state index is 10.8. The lowest BCUT2D eigenvalue weighted by Gasteiger charge is -2.08. The van der Waals surface area contributed by atoms with Crippen molar-refractivity contribution in [3.05, 3.63) is 28.3 Å². The van der Waals surface area contributed by atoms with Gasteiger partial charge in [-0.25, -0.2) is 0 Å². The maximum Gasteiger partial charge on any atom is 0.296 e. The molecular formula is C10H15N3O4. The minimum absolute atomic E-state index is 0.0751. The maximum atomic E-state index is 10.8. The number of nitro benzene ring substituents is 1. The lowest BCUT2D eigenvalue weighted by Crippen LogP contribution is -2.14. The third kappa shape index (κ3) is 3.89. The van der Waals surface area contributed by atoms with Crippen LogP contribution in [-0.2, 0) is 0 Å². The predicted molar refractivity (Wildman–Crippen MR) is 63.2 cm³/mol. The molecule has 0 saturated carbocycles. The van der Waals surface area contributed by atoms with Crippen molar-refractivity contribution in [1.82, 2.24) is 0 Å². The van der Waals surface area contributed by atoms with Gasteiger partial charge in [-0.3, -0.25) is 10.1 Å². The topological polar surface area (TPSA) is 111 Å². The van der Waals surface area contributed by atoms with Crippen LogP contribution in [0.25, 0.3) is 0 Å². The van der Waals surface area contributed by atoms with Gasteiger partial charge >= 0.3 is 0 Å². The summed E-state index contributed by atoms with van der Waals surface area (Å²) in [6, 6.07) is 4.47. The van der Waals surface area contributed by atoms with Gasteiger partial charge in [-0.2, -0.15) is 0 Å². The molecule has 0 saturated heterocycles. The molecule has 1 aromatic carbocycles. The van der Waals surface area contributed by atoms with Crippen molar-refractivity contribution in [2.24, 2.45) is 5.73 Å². The van der Waals surface area contributed by atoms with E-state index in [1.165, 1.54) is 6.07 Å². The first-order chi connectivity index (χ1) is 8.19. The number of nitrogens with zero attached hydrogens (tertiary/aromatic N) is 1. The first-order valence-electron chi connectivity index (χ1n) is 5.15. The third-order valence-corrected chi connectivity index (χ3v) is 1.99. The van der Waals surface area contributed by atoms with Gasteiger partial charge in [-0.15, -0.1) is 0 Å². The van der Waals surface area contributed by atoms with Crippen LogP contribution in [0.15, 0.2) is 18.2 Å². The fourth-order valence-electron chi connectivity index (χ4n) is 1.27. The van der Waals surface area contributed by atoms with Crippen molar-refractivity contribution in [3.8, 4) is 5.75 Å². The van der Waals surface area contributed by atoms with Crippen LogP contribution in [0.1, 0.15) is 0 Å². The Kier molecular flexibility index (Phi) is 5.18. The molecule has 1 rings (SSSR count). The Hall–Kier alpha value is -1.86. The Balaban J connectivity index is 2.87. The highest BCUT2D eigenvalue weighted by Gasteiger charge is 2.14. The molecule has 0 aromatic heterocycles. The molecule has 17 heavy (non-hydrogen) atoms. The second kappa shape index (κ2) is 6.66. The number of rotatable bonds is 7. The van der Waals surface area contributed by atoms with Gasteiger partial charge in [0.25, 0.3) is 5.69 Å². The lowest BCUT2D eigenvalue weighted by molar-refractivity contribution is -0.384. The molecule has 94 valence electrons. The second-order valence-corrected chi connectivity index (χ2v) is 3.22. The number of ether oxygens (including phenoxy) is 1. The van der Waals surface area contributed by atoms with Crippen molar-refractivity contribution in [3.63, 3.8) is 0 Å². The standard InChI is InChI=1S/C10H15N3O4/c11-3-4-12-9-2-1-8(17-6-5-14)7-10(9)13(15)16/h1-2,7,12,14H,3-6,11H2. The summed E-state index contributed by atoms with van der Waals surface area (Å²) in [5.74, 6) is 0.351. The van der Waals surface area contributed by atoms with Crippen LogP contribution >= 0.6 is 0 Å². The number of benzene rings is 1. The van der Waals surface area contributed by atoms with E-state index in [4.69, 9.17) is 15.6 Å². The number of nitro groups is 1. The average molecular weight is 241 g/mol. The van der Waals surface area contributed by atoms with Gasteiger partial charge in [0.2, 0.25) is 0 Å². The van der Waals surface area contributed by atoms with Crippen LogP contribution in [0.4, 0.5) is 11.4 Å². The zero-order valence-corrected chi connectivity index (χ0v) is 9.26. The van der Waals surface area contributed by atoms with Crippen LogP contribution in [0, 0.1) is 10.1 Å². The quantitative estimate of drug-likeness (QED) is 0.469. The SMILES string of the molecule is NCCNc1ccc(OCCO)cc1[N+](=O)[O-]. The highest BCUT2D eigenvalue weighted by molar-refractivity contribution is 5.63. The molecule has 1 aromatic rings. The summed E-state index contributed by atoms with van der Waals surface area (Å²) in [7, 11) is 0. The molecular weight excluding hydrogens is 226 g/mol. The molecule has 0 radical (unpaired) electrons. The third-order valence-electron chi connectivity index (χ3n) is 1.99. The predicted octanol–water partition coefficient (Wildman–Crippen LogP) is 0.336. The molecule has 0 aliphatic heterocycles. The molecule has 0 spiro atoms. The summed E-state index contributed by atoms with van der Waals surface area (Å²) >= 11 is 0. The number of hydrogen-bond acceptors (Lipinski definition) is 6. The van der Waals surface area contributed by atoms with Crippen molar-refractivity contribution in [2.75, 3.05) is 31.6 Å². The van der Waals surface area contributed by atoms with E-state index in [-0.39, 0.29) is 18.9 Å². The Bertz CT molecular complexity index is 384. The minimum atomic E-state index is -0.495. The molecule has 0 bridgehead atoms. The van der Waals surface area contributed by atoms with Crippen molar-refractivity contribution < 1.29 is 14.8 Å². The highest BCUT2D eigenvalue weighted by atomic mass is 16.6. The average Bonchev–Trinajstić information content (AvgIpc) is 2.34. The van der Waals surface area contributed by atoms with E-state index >= 15 is 0 Å². The van der Waals surface area contributed by atoms with E-state index < -0.39 is 4.92 Å². The van der Waals surface area contributed by atoms with Crippen molar-refractivity contribution in [1.29, 1.82) is 0 Å². The van der Waals surface area contributed by atoms with Crippen LogP contribution in [0.3, 0.4) is 0 Å². The largest absolute Gasteiger partial charge is 0.491 e. The molecule has 7 heteroatoms. The number of anilines is 1. The van der Waals surface area contributed by atoms with E-state index in [9.17, 15) is 10.1 Å². The van der Waals surface area contributed by atoms with Crippen LogP contribution in [0.2, 0.25) is 0 Å². The summed E-state index contributed by atoms with van der Waals surface area (Å²) in [4.78, 5) is 10.3. The Morgan fingerprint density at radius 2 is 2.29 bits per heavy atom. The van der Waals surface area contributed by atoms with Gasteiger partial charge in [0.15, 0.2) is 0 Å². The fraction of sp³-hybridized carbons (Fsp3) is 0.400. The van der Waals surface area contributed by atoms with Crippen LogP contribution in [0.5, 0.6) is 5.75 Å². The van der Waals surface area contributed by atoms with Gasteiger partial charge in [-0.1, -0.05) is 0 Å². The fourth-order valence-corrected chi connectivity index (χ4v) is 1.27. The van der Waals surface area contributed by atoms with E-state index in [1.54, 1.807) is 12.1 Å². The number of nitrogens with two attached hydrogens (primary N) is 1. The number of hydrogen-bond donors (Lipinski definition) is 3. The molecule has 0 unspecified atom stereocenters. The minimum Gasteiger partial charge on any atom is -0.491 e. The number of nitrogens with one attached hydrogen (secondary N) is 1. The van der Waals surface area contributed by atoms with E-state index in [2.05, 4.69) is 5.32 Å². The van der Waals surface area contributed by atoms with E-state index in [1.807, 2.05) is 0 Å². The Morgan fingerprint density at radius 1 is 1.53 bits per heavy atom. The van der Waals surface area contributed by atoms with Crippen LogP contribution in [-0.4, -0.2) is 36.3 Å². The first-order valence-corrected chi connectivity index (χ1v) is 5.15. The summed E-state index contributed by atoms with van der Waals surface area (Å²) in [6.45, 7) is 0.811. The monoisotopic (exact) mass is 241 g/mol. The zero-order chi connectivity index (χ0) is 12.7. The molecule has 4 N–H and O–H groups in total. The number of aliphatic hydroxyl groups excluding tert-OH is 1. The van der Waals surface area contributed by atoms with E-state index in [0.717, 1.165) is 0 Å². The smallest absolute Gasteiger partial charge is 0.296 e. The lowest BCUT2D eigenvalue weighted by atomic mass is 10.2. The van der Waals surface area contributed by atoms with Gasteiger partial charge < -0.3 is 20.9 Å². The second-order valence-electron chi connectivity index (χ2n) is 3.22. The normalized spacial score (nSPS) is 10.0.